The Morgan fingerprint density at radius 2 is 2.06 bits per heavy atom. The molecule has 0 saturated heterocycles. The van der Waals surface area contributed by atoms with Gasteiger partial charge in [-0.1, -0.05) is 0 Å². The maximum Gasteiger partial charge on any atom is 0.328 e. The topological polar surface area (TPSA) is 94.8 Å². The van der Waals surface area contributed by atoms with Crippen LogP contribution in [0.5, 0.6) is 5.75 Å². The van der Waals surface area contributed by atoms with Crippen LogP contribution in [0.4, 0.5) is 0 Å². The predicted molar refractivity (Wildman–Crippen MR) is 60.5 cm³/mol. The molecule has 1 aromatic rings. The lowest BCUT2D eigenvalue weighted by molar-refractivity contribution is -0.142. The van der Waals surface area contributed by atoms with Crippen LogP contribution in [0.2, 0.25) is 0 Å². The number of nitrogens with one attached hydrogen (secondary N) is 1. The zero-order valence-corrected chi connectivity index (χ0v) is 10.2. The summed E-state index contributed by atoms with van der Waals surface area (Å²) in [4.78, 5) is 34.1. The van der Waals surface area contributed by atoms with Crippen molar-refractivity contribution < 1.29 is 23.5 Å². The SMILES string of the molecule is COC(=O)[C@H](C)NC(=O)c1cc(=O)c(OC)co1. The second-order valence-electron chi connectivity index (χ2n) is 3.40. The molecule has 7 heteroatoms. The van der Waals surface area contributed by atoms with E-state index >= 15 is 0 Å². The molecule has 1 N–H and O–H groups in total. The van der Waals surface area contributed by atoms with Crippen LogP contribution in [-0.2, 0) is 9.53 Å². The molecule has 0 aliphatic heterocycles. The average Bonchev–Trinajstić information content (AvgIpc) is 2.37. The fraction of sp³-hybridized carbons (Fsp3) is 0.364. The van der Waals surface area contributed by atoms with Crippen LogP contribution >= 0.6 is 0 Å². The van der Waals surface area contributed by atoms with Crippen molar-refractivity contribution in [3.8, 4) is 5.75 Å². The molecule has 1 heterocycles. The van der Waals surface area contributed by atoms with Gasteiger partial charge in [0.25, 0.3) is 5.91 Å². The fourth-order valence-electron chi connectivity index (χ4n) is 1.17. The Kier molecular flexibility index (Phi) is 4.47. The molecule has 1 amide bonds. The summed E-state index contributed by atoms with van der Waals surface area (Å²) >= 11 is 0. The molecule has 1 aromatic heterocycles. The quantitative estimate of drug-likeness (QED) is 0.757. The van der Waals surface area contributed by atoms with E-state index in [1.165, 1.54) is 21.1 Å². The van der Waals surface area contributed by atoms with Gasteiger partial charge in [-0.25, -0.2) is 4.79 Å². The number of hydrogen-bond acceptors (Lipinski definition) is 6. The first kappa shape index (κ1) is 13.8. The van der Waals surface area contributed by atoms with E-state index < -0.39 is 23.3 Å². The standard InChI is InChI=1S/C11H13NO6/c1-6(11(15)17-3)12-10(14)8-4-7(13)9(16-2)5-18-8/h4-6H,1-3H3,(H,12,14)/t6-/m0/s1. The van der Waals surface area contributed by atoms with E-state index in [4.69, 9.17) is 9.15 Å². The summed E-state index contributed by atoms with van der Waals surface area (Å²) < 4.78 is 14.1. The summed E-state index contributed by atoms with van der Waals surface area (Å²) in [5.41, 5.74) is -0.486. The lowest BCUT2D eigenvalue weighted by atomic mass is 10.3. The molecule has 1 atom stereocenters. The van der Waals surface area contributed by atoms with Crippen molar-refractivity contribution in [3.63, 3.8) is 0 Å². The highest BCUT2D eigenvalue weighted by atomic mass is 16.5. The van der Waals surface area contributed by atoms with Crippen molar-refractivity contribution in [1.29, 1.82) is 0 Å². The van der Waals surface area contributed by atoms with Gasteiger partial charge in [-0.2, -0.15) is 0 Å². The Bertz CT molecular complexity index is 507. The summed E-state index contributed by atoms with van der Waals surface area (Å²) in [6, 6.07) is 0.146. The fourth-order valence-corrected chi connectivity index (χ4v) is 1.17. The van der Waals surface area contributed by atoms with E-state index in [0.29, 0.717) is 0 Å². The first-order chi connectivity index (χ1) is 8.49. The van der Waals surface area contributed by atoms with Gasteiger partial charge in [0.15, 0.2) is 5.76 Å². The van der Waals surface area contributed by atoms with Gasteiger partial charge in [0, 0.05) is 6.07 Å². The van der Waals surface area contributed by atoms with E-state index in [-0.39, 0.29) is 11.5 Å². The van der Waals surface area contributed by atoms with Crippen molar-refractivity contribution in [2.24, 2.45) is 0 Å². The highest BCUT2D eigenvalue weighted by Gasteiger charge is 2.19. The van der Waals surface area contributed by atoms with Gasteiger partial charge in [-0.3, -0.25) is 9.59 Å². The maximum atomic E-state index is 11.6. The molecule has 0 radical (unpaired) electrons. The Morgan fingerprint density at radius 1 is 1.39 bits per heavy atom. The second-order valence-corrected chi connectivity index (χ2v) is 3.40. The van der Waals surface area contributed by atoms with Gasteiger partial charge in [0.1, 0.15) is 12.3 Å². The Hall–Kier alpha value is -2.31. The van der Waals surface area contributed by atoms with E-state index in [2.05, 4.69) is 10.1 Å². The number of carbonyl (C=O) groups excluding carboxylic acids is 2. The highest BCUT2D eigenvalue weighted by molar-refractivity contribution is 5.94. The zero-order valence-electron chi connectivity index (χ0n) is 10.2. The molecule has 0 bridgehead atoms. The van der Waals surface area contributed by atoms with Crippen LogP contribution in [0.25, 0.3) is 0 Å². The van der Waals surface area contributed by atoms with Crippen LogP contribution in [0, 0.1) is 0 Å². The zero-order chi connectivity index (χ0) is 13.7. The lowest BCUT2D eigenvalue weighted by Crippen LogP contribution is -2.39. The minimum absolute atomic E-state index is 0.00688. The Labute approximate surface area is 103 Å². The summed E-state index contributed by atoms with van der Waals surface area (Å²) in [6.07, 6.45) is 1.03. The Balaban J connectivity index is 2.82. The Morgan fingerprint density at radius 3 is 2.56 bits per heavy atom. The molecule has 0 saturated carbocycles. The third-order valence-electron chi connectivity index (χ3n) is 2.14. The smallest absolute Gasteiger partial charge is 0.328 e. The van der Waals surface area contributed by atoms with Crippen LogP contribution in [0.1, 0.15) is 17.5 Å². The summed E-state index contributed by atoms with van der Waals surface area (Å²) in [5.74, 6) is -1.50. The van der Waals surface area contributed by atoms with Crippen molar-refractivity contribution in [3.05, 3.63) is 28.3 Å². The van der Waals surface area contributed by atoms with Gasteiger partial charge in [-0.15, -0.1) is 0 Å². The highest BCUT2D eigenvalue weighted by Crippen LogP contribution is 2.05. The molecule has 1 rings (SSSR count). The maximum absolute atomic E-state index is 11.6. The third-order valence-corrected chi connectivity index (χ3v) is 2.14. The molecular weight excluding hydrogens is 242 g/mol. The largest absolute Gasteiger partial charge is 0.490 e. The van der Waals surface area contributed by atoms with Gasteiger partial charge >= 0.3 is 5.97 Å². The first-order valence-electron chi connectivity index (χ1n) is 5.05. The summed E-state index contributed by atoms with van der Waals surface area (Å²) in [5, 5.41) is 2.32. The van der Waals surface area contributed by atoms with Crippen molar-refractivity contribution in [2.75, 3.05) is 14.2 Å². The molecule has 7 nitrogen and oxygen atoms in total. The number of carbonyl (C=O) groups is 2. The second kappa shape index (κ2) is 5.85. The van der Waals surface area contributed by atoms with Gasteiger partial charge in [0.2, 0.25) is 11.2 Å². The summed E-state index contributed by atoms with van der Waals surface area (Å²) in [6.45, 7) is 1.45. The van der Waals surface area contributed by atoms with E-state index in [9.17, 15) is 14.4 Å². The number of methoxy groups -OCH3 is 2. The number of ether oxygens (including phenoxy) is 2. The van der Waals surface area contributed by atoms with Gasteiger partial charge in [0.05, 0.1) is 14.2 Å². The minimum atomic E-state index is -0.838. The number of rotatable bonds is 4. The van der Waals surface area contributed by atoms with Crippen LogP contribution in [-0.4, -0.2) is 32.1 Å². The molecule has 18 heavy (non-hydrogen) atoms. The van der Waals surface area contributed by atoms with Gasteiger partial charge < -0.3 is 19.2 Å². The molecule has 0 fully saturated rings. The first-order valence-corrected chi connectivity index (χ1v) is 5.05. The lowest BCUT2D eigenvalue weighted by Gasteiger charge is -2.10. The molecule has 0 aliphatic rings. The van der Waals surface area contributed by atoms with E-state index in [1.807, 2.05) is 0 Å². The van der Waals surface area contributed by atoms with Crippen molar-refractivity contribution in [2.45, 2.75) is 13.0 Å². The summed E-state index contributed by atoms with van der Waals surface area (Å²) in [7, 11) is 2.52. The minimum Gasteiger partial charge on any atom is -0.490 e. The molecule has 0 unspecified atom stereocenters. The third kappa shape index (κ3) is 3.09. The molecular formula is C11H13NO6. The van der Waals surface area contributed by atoms with Crippen molar-refractivity contribution in [1.82, 2.24) is 5.32 Å². The van der Waals surface area contributed by atoms with Crippen LogP contribution in [0.15, 0.2) is 21.5 Å². The number of amides is 1. The normalized spacial score (nSPS) is 11.5. The average molecular weight is 255 g/mol. The molecule has 0 spiro atoms. The van der Waals surface area contributed by atoms with Crippen LogP contribution in [0.3, 0.4) is 0 Å². The van der Waals surface area contributed by atoms with Crippen molar-refractivity contribution >= 4 is 11.9 Å². The van der Waals surface area contributed by atoms with E-state index in [1.54, 1.807) is 0 Å². The number of esters is 1. The molecule has 0 aromatic carbocycles. The monoisotopic (exact) mass is 255 g/mol. The molecule has 98 valence electrons. The van der Waals surface area contributed by atoms with Crippen LogP contribution < -0.4 is 15.5 Å². The molecule has 0 aliphatic carbocycles. The van der Waals surface area contributed by atoms with E-state index in [0.717, 1.165) is 12.3 Å². The number of hydrogen-bond donors (Lipinski definition) is 1. The van der Waals surface area contributed by atoms with Gasteiger partial charge in [-0.05, 0) is 6.92 Å². The predicted octanol–water partition coefficient (Wildman–Crippen LogP) is -0.0603.